The van der Waals surface area contributed by atoms with Gasteiger partial charge in [-0.3, -0.25) is 5.41 Å². The fraction of sp³-hybridized carbons (Fsp3) is 0.333. The highest BCUT2D eigenvalue weighted by molar-refractivity contribution is 6.00. The largest absolute Gasteiger partial charge is 0.495 e. The number of nitrogens with zero attached hydrogens (tertiary/aromatic N) is 2. The molecule has 0 aromatic heterocycles. The van der Waals surface area contributed by atoms with Crippen LogP contribution in [0.15, 0.2) is 18.2 Å². The number of ether oxygens (including phenoxy) is 1. The number of rotatable bonds is 2. The Morgan fingerprint density at radius 2 is 2.31 bits per heavy atom. The van der Waals surface area contributed by atoms with Gasteiger partial charge in [-0.05, 0) is 18.6 Å². The van der Waals surface area contributed by atoms with E-state index in [9.17, 15) is 0 Å². The average Bonchev–Trinajstić information content (AvgIpc) is 2.74. The number of anilines is 1. The molecule has 1 fully saturated rings. The molecule has 1 saturated heterocycles. The molecule has 82 valence electrons. The molecule has 0 amide bonds. The van der Waals surface area contributed by atoms with Crippen LogP contribution in [0.5, 0.6) is 5.75 Å². The lowest BCUT2D eigenvalue weighted by Gasteiger charge is -2.21. The van der Waals surface area contributed by atoms with Crippen molar-refractivity contribution >= 4 is 11.5 Å². The van der Waals surface area contributed by atoms with Crippen LogP contribution >= 0.6 is 0 Å². The first-order chi connectivity index (χ1) is 7.77. The fourth-order valence-corrected chi connectivity index (χ4v) is 1.98. The van der Waals surface area contributed by atoms with Gasteiger partial charge in [-0.25, -0.2) is 0 Å². The maximum absolute atomic E-state index is 9.08. The van der Waals surface area contributed by atoms with Crippen molar-refractivity contribution in [1.82, 2.24) is 0 Å². The maximum atomic E-state index is 9.08. The van der Waals surface area contributed by atoms with Crippen molar-refractivity contribution in [2.75, 3.05) is 18.6 Å². The predicted molar refractivity (Wildman–Crippen MR) is 62.0 cm³/mol. The van der Waals surface area contributed by atoms with Crippen LogP contribution in [0.2, 0.25) is 0 Å². The maximum Gasteiger partial charge on any atom is 0.143 e. The van der Waals surface area contributed by atoms with Gasteiger partial charge in [0.15, 0.2) is 0 Å². The summed E-state index contributed by atoms with van der Waals surface area (Å²) >= 11 is 0. The smallest absolute Gasteiger partial charge is 0.143 e. The molecule has 1 N–H and O–H groups in total. The summed E-state index contributed by atoms with van der Waals surface area (Å²) in [5.41, 5.74) is 1.29. The zero-order valence-corrected chi connectivity index (χ0v) is 9.16. The molecule has 0 unspecified atom stereocenters. The molecule has 1 heterocycles. The van der Waals surface area contributed by atoms with Gasteiger partial charge in [0.1, 0.15) is 23.3 Å². The molecule has 16 heavy (non-hydrogen) atoms. The van der Waals surface area contributed by atoms with Crippen LogP contribution in [-0.2, 0) is 0 Å². The second kappa shape index (κ2) is 4.23. The van der Waals surface area contributed by atoms with Crippen molar-refractivity contribution in [3.63, 3.8) is 0 Å². The third-order valence-corrected chi connectivity index (χ3v) is 2.73. The zero-order valence-electron chi connectivity index (χ0n) is 9.16. The molecular weight excluding hydrogens is 202 g/mol. The van der Waals surface area contributed by atoms with Crippen LogP contribution in [0.3, 0.4) is 0 Å². The molecule has 0 saturated carbocycles. The second-order valence-corrected chi connectivity index (χ2v) is 3.67. The summed E-state index contributed by atoms with van der Waals surface area (Å²) in [6.07, 6.45) is 1.73. The molecule has 2 rings (SSSR count). The Labute approximate surface area is 94.6 Å². The van der Waals surface area contributed by atoms with E-state index < -0.39 is 0 Å². The molecule has 4 heteroatoms. The highest BCUT2D eigenvalue weighted by Gasteiger charge is 2.24. The normalized spacial score (nSPS) is 15.0. The number of methoxy groups -OCH3 is 1. The van der Waals surface area contributed by atoms with Gasteiger partial charge >= 0.3 is 0 Å². The van der Waals surface area contributed by atoms with Crippen LogP contribution < -0.4 is 9.64 Å². The monoisotopic (exact) mass is 215 g/mol. The minimum Gasteiger partial charge on any atom is -0.495 e. The molecule has 0 radical (unpaired) electrons. The van der Waals surface area contributed by atoms with Crippen molar-refractivity contribution < 1.29 is 4.74 Å². The zero-order chi connectivity index (χ0) is 11.5. The third-order valence-electron chi connectivity index (χ3n) is 2.73. The third kappa shape index (κ3) is 1.61. The van der Waals surface area contributed by atoms with E-state index >= 15 is 0 Å². The summed E-state index contributed by atoms with van der Waals surface area (Å²) < 4.78 is 5.26. The summed E-state index contributed by atoms with van der Waals surface area (Å²) in [7, 11) is 1.58. The van der Waals surface area contributed by atoms with Gasteiger partial charge in [-0.2, -0.15) is 5.26 Å². The molecule has 0 bridgehead atoms. The number of amidine groups is 1. The average molecular weight is 215 g/mol. The minimum atomic E-state index is 0.556. The number of hydrogen-bond donors (Lipinski definition) is 1. The van der Waals surface area contributed by atoms with Crippen molar-refractivity contribution in [1.29, 1.82) is 10.7 Å². The molecular formula is C12H13N3O. The Bertz CT molecular complexity index is 462. The van der Waals surface area contributed by atoms with E-state index in [2.05, 4.69) is 6.07 Å². The minimum absolute atomic E-state index is 0.556. The molecule has 1 aromatic carbocycles. The lowest BCUT2D eigenvalue weighted by Crippen LogP contribution is -2.24. The Kier molecular flexibility index (Phi) is 2.78. The number of nitriles is 1. The molecule has 0 atom stereocenters. The summed E-state index contributed by atoms with van der Waals surface area (Å²) in [6, 6.07) is 7.52. The topological polar surface area (TPSA) is 60.1 Å². The summed E-state index contributed by atoms with van der Waals surface area (Å²) in [5, 5.41) is 16.9. The van der Waals surface area contributed by atoms with E-state index in [1.807, 2.05) is 11.0 Å². The Balaban J connectivity index is 2.53. The first kappa shape index (κ1) is 10.5. The molecule has 1 aromatic rings. The van der Waals surface area contributed by atoms with E-state index in [1.54, 1.807) is 19.2 Å². The number of para-hydroxylation sites is 1. The van der Waals surface area contributed by atoms with E-state index in [1.165, 1.54) is 0 Å². The first-order valence-electron chi connectivity index (χ1n) is 5.20. The molecule has 1 aliphatic heterocycles. The van der Waals surface area contributed by atoms with Gasteiger partial charge in [0, 0.05) is 13.0 Å². The Morgan fingerprint density at radius 1 is 1.50 bits per heavy atom. The SMILES string of the molecule is COc1cccc(C#N)c1N1CCCC1=N. The lowest BCUT2D eigenvalue weighted by molar-refractivity contribution is 0.415. The predicted octanol–water partition coefficient (Wildman–Crippen LogP) is 2.14. The molecule has 1 aliphatic rings. The number of hydrogen-bond acceptors (Lipinski definition) is 3. The molecule has 4 nitrogen and oxygen atoms in total. The quantitative estimate of drug-likeness (QED) is 0.822. The van der Waals surface area contributed by atoms with Gasteiger partial charge in [-0.15, -0.1) is 0 Å². The summed E-state index contributed by atoms with van der Waals surface area (Å²) in [5.74, 6) is 1.21. The molecule has 0 aliphatic carbocycles. The van der Waals surface area contributed by atoms with Gasteiger partial charge in [0.2, 0.25) is 0 Å². The second-order valence-electron chi connectivity index (χ2n) is 3.67. The van der Waals surface area contributed by atoms with Crippen molar-refractivity contribution in [3.8, 4) is 11.8 Å². The van der Waals surface area contributed by atoms with Gasteiger partial charge in [-0.1, -0.05) is 6.07 Å². The highest BCUT2D eigenvalue weighted by atomic mass is 16.5. The first-order valence-corrected chi connectivity index (χ1v) is 5.20. The van der Waals surface area contributed by atoms with Crippen LogP contribution in [0, 0.1) is 16.7 Å². The highest BCUT2D eigenvalue weighted by Crippen LogP contribution is 2.34. The number of benzene rings is 1. The van der Waals surface area contributed by atoms with Crippen molar-refractivity contribution in [3.05, 3.63) is 23.8 Å². The van der Waals surface area contributed by atoms with Crippen LogP contribution in [-0.4, -0.2) is 19.5 Å². The van der Waals surface area contributed by atoms with Gasteiger partial charge < -0.3 is 9.64 Å². The Hall–Kier alpha value is -2.02. The summed E-state index contributed by atoms with van der Waals surface area (Å²) in [6.45, 7) is 0.786. The molecule has 0 spiro atoms. The summed E-state index contributed by atoms with van der Waals surface area (Å²) in [4.78, 5) is 1.86. The van der Waals surface area contributed by atoms with E-state index in [4.69, 9.17) is 15.4 Å². The van der Waals surface area contributed by atoms with Crippen LogP contribution in [0.4, 0.5) is 5.69 Å². The fourth-order valence-electron chi connectivity index (χ4n) is 1.98. The van der Waals surface area contributed by atoms with E-state index in [0.29, 0.717) is 17.1 Å². The van der Waals surface area contributed by atoms with E-state index in [-0.39, 0.29) is 0 Å². The van der Waals surface area contributed by atoms with E-state index in [0.717, 1.165) is 25.1 Å². The number of nitrogens with one attached hydrogen (secondary N) is 1. The van der Waals surface area contributed by atoms with Crippen LogP contribution in [0.1, 0.15) is 18.4 Å². The Morgan fingerprint density at radius 3 is 2.88 bits per heavy atom. The van der Waals surface area contributed by atoms with Gasteiger partial charge in [0.05, 0.1) is 12.7 Å². The van der Waals surface area contributed by atoms with Crippen molar-refractivity contribution in [2.24, 2.45) is 0 Å². The standard InChI is InChI=1S/C12H13N3O/c1-16-10-5-2-4-9(8-13)12(10)15-7-3-6-11(15)14/h2,4-5,14H,3,6-7H2,1H3. The lowest BCUT2D eigenvalue weighted by atomic mass is 10.1. The van der Waals surface area contributed by atoms with Crippen molar-refractivity contribution in [2.45, 2.75) is 12.8 Å². The van der Waals surface area contributed by atoms with Crippen LogP contribution in [0.25, 0.3) is 0 Å². The van der Waals surface area contributed by atoms with Gasteiger partial charge in [0.25, 0.3) is 0 Å².